The number of hydrogen-bond acceptors (Lipinski definition) is 6. The van der Waals surface area contributed by atoms with Crippen LogP contribution in [-0.2, 0) is 28.6 Å². The highest BCUT2D eigenvalue weighted by Crippen LogP contribution is 2.18. The van der Waals surface area contributed by atoms with Crippen LogP contribution in [0, 0.1) is 0 Å². The summed E-state index contributed by atoms with van der Waals surface area (Å²) < 4.78 is 39.2. The fourth-order valence-electron chi connectivity index (χ4n) is 1.95. The predicted molar refractivity (Wildman–Crippen MR) is 79.1 cm³/mol. The van der Waals surface area contributed by atoms with E-state index < -0.39 is 22.2 Å². The standard InChI is InChI=1S/C14H17ClO6S/c1-10(14(16)20-9-12-3-2-8-19-12)21-22(17,18)13-6-4-11(15)5-7-13/h4-7,10,12H,2-3,8-9H2,1H3/t10-,12?/m0/s1. The van der Waals surface area contributed by atoms with Crippen molar-refractivity contribution < 1.29 is 26.9 Å². The van der Waals surface area contributed by atoms with Crippen molar-refractivity contribution in [2.75, 3.05) is 13.2 Å². The van der Waals surface area contributed by atoms with Gasteiger partial charge in [0.25, 0.3) is 10.1 Å². The molecule has 2 rings (SSSR count). The van der Waals surface area contributed by atoms with Crippen LogP contribution in [0.4, 0.5) is 0 Å². The van der Waals surface area contributed by atoms with E-state index in [2.05, 4.69) is 0 Å². The van der Waals surface area contributed by atoms with E-state index in [1.54, 1.807) is 0 Å². The average molecular weight is 349 g/mol. The highest BCUT2D eigenvalue weighted by Gasteiger charge is 2.26. The van der Waals surface area contributed by atoms with E-state index in [1.807, 2.05) is 0 Å². The number of esters is 1. The monoisotopic (exact) mass is 348 g/mol. The van der Waals surface area contributed by atoms with Gasteiger partial charge in [-0.05, 0) is 44.0 Å². The van der Waals surface area contributed by atoms with Gasteiger partial charge in [-0.1, -0.05) is 11.6 Å². The van der Waals surface area contributed by atoms with Gasteiger partial charge in [0.05, 0.1) is 11.0 Å². The van der Waals surface area contributed by atoms with E-state index in [0.29, 0.717) is 11.6 Å². The summed E-state index contributed by atoms with van der Waals surface area (Å²) in [5.74, 6) is -0.743. The molecule has 6 nitrogen and oxygen atoms in total. The van der Waals surface area contributed by atoms with Crippen molar-refractivity contribution in [3.8, 4) is 0 Å². The molecule has 0 aliphatic carbocycles. The van der Waals surface area contributed by atoms with Gasteiger partial charge in [0.1, 0.15) is 6.61 Å². The summed E-state index contributed by atoms with van der Waals surface area (Å²) in [6.07, 6.45) is 0.399. The van der Waals surface area contributed by atoms with Gasteiger partial charge in [0, 0.05) is 11.6 Å². The van der Waals surface area contributed by atoms with Crippen LogP contribution >= 0.6 is 11.6 Å². The van der Waals surface area contributed by atoms with Crippen molar-refractivity contribution in [1.82, 2.24) is 0 Å². The Morgan fingerprint density at radius 1 is 1.41 bits per heavy atom. The molecule has 0 amide bonds. The van der Waals surface area contributed by atoms with Crippen molar-refractivity contribution in [2.24, 2.45) is 0 Å². The van der Waals surface area contributed by atoms with Crippen LogP contribution < -0.4 is 0 Å². The van der Waals surface area contributed by atoms with Crippen molar-refractivity contribution in [1.29, 1.82) is 0 Å². The van der Waals surface area contributed by atoms with E-state index in [1.165, 1.54) is 31.2 Å². The largest absolute Gasteiger partial charge is 0.461 e. The van der Waals surface area contributed by atoms with E-state index in [9.17, 15) is 13.2 Å². The minimum Gasteiger partial charge on any atom is -0.461 e. The summed E-state index contributed by atoms with van der Waals surface area (Å²) in [4.78, 5) is 11.7. The summed E-state index contributed by atoms with van der Waals surface area (Å²) in [7, 11) is -4.05. The lowest BCUT2D eigenvalue weighted by Crippen LogP contribution is -2.29. The van der Waals surface area contributed by atoms with E-state index >= 15 is 0 Å². The maximum absolute atomic E-state index is 12.0. The molecule has 0 bridgehead atoms. The van der Waals surface area contributed by atoms with Gasteiger partial charge in [-0.25, -0.2) is 4.79 Å². The summed E-state index contributed by atoms with van der Waals surface area (Å²) in [6, 6.07) is 5.47. The van der Waals surface area contributed by atoms with Gasteiger partial charge in [-0.3, -0.25) is 4.18 Å². The molecule has 8 heteroatoms. The molecular formula is C14H17ClO6S. The summed E-state index contributed by atoms with van der Waals surface area (Å²) in [5.41, 5.74) is 0. The molecule has 0 radical (unpaired) electrons. The van der Waals surface area contributed by atoms with Crippen LogP contribution in [0.15, 0.2) is 29.2 Å². The normalized spacial score (nSPS) is 19.8. The van der Waals surface area contributed by atoms with Crippen molar-refractivity contribution in [3.05, 3.63) is 29.3 Å². The summed E-state index contributed by atoms with van der Waals surface area (Å²) in [6.45, 7) is 2.08. The lowest BCUT2D eigenvalue weighted by molar-refractivity contribution is -0.154. The fraction of sp³-hybridized carbons (Fsp3) is 0.500. The Balaban J connectivity index is 1.90. The molecule has 122 valence electrons. The van der Waals surface area contributed by atoms with Gasteiger partial charge in [-0.2, -0.15) is 8.42 Å². The van der Waals surface area contributed by atoms with Gasteiger partial charge in [0.2, 0.25) is 0 Å². The SMILES string of the molecule is C[C@H](OS(=O)(=O)c1ccc(Cl)cc1)C(=O)OCC1CCCO1. The number of carbonyl (C=O) groups excluding carboxylic acids is 1. The van der Waals surface area contributed by atoms with Crippen LogP contribution in [-0.4, -0.2) is 39.8 Å². The molecule has 0 N–H and O–H groups in total. The third kappa shape index (κ3) is 4.67. The molecule has 0 saturated carbocycles. The minimum absolute atomic E-state index is 0.0734. The second kappa shape index (κ2) is 7.41. The maximum atomic E-state index is 12.0. The molecule has 1 fully saturated rings. The lowest BCUT2D eigenvalue weighted by atomic mass is 10.2. The van der Waals surface area contributed by atoms with Gasteiger partial charge < -0.3 is 9.47 Å². The van der Waals surface area contributed by atoms with Crippen LogP contribution in [0.3, 0.4) is 0 Å². The third-order valence-corrected chi connectivity index (χ3v) is 4.78. The van der Waals surface area contributed by atoms with E-state index in [-0.39, 0.29) is 17.6 Å². The van der Waals surface area contributed by atoms with Gasteiger partial charge in [-0.15, -0.1) is 0 Å². The first-order chi connectivity index (χ1) is 10.4. The molecule has 1 aliphatic rings. The molecule has 2 atom stereocenters. The molecule has 1 aliphatic heterocycles. The van der Waals surface area contributed by atoms with Crippen molar-refractivity contribution in [3.63, 3.8) is 0 Å². The van der Waals surface area contributed by atoms with E-state index in [4.69, 9.17) is 25.3 Å². The number of benzene rings is 1. The number of ether oxygens (including phenoxy) is 2. The first-order valence-electron chi connectivity index (χ1n) is 6.85. The Morgan fingerprint density at radius 3 is 2.68 bits per heavy atom. The van der Waals surface area contributed by atoms with Crippen molar-refractivity contribution in [2.45, 2.75) is 36.9 Å². The second-order valence-corrected chi connectivity index (χ2v) is 6.92. The Kier molecular flexibility index (Phi) is 5.80. The molecule has 22 heavy (non-hydrogen) atoms. The Labute approximate surface area is 134 Å². The quantitative estimate of drug-likeness (QED) is 0.579. The molecule has 0 spiro atoms. The zero-order chi connectivity index (χ0) is 16.2. The predicted octanol–water partition coefficient (Wildman–Crippen LogP) is 2.16. The Morgan fingerprint density at radius 2 is 2.09 bits per heavy atom. The molecule has 0 aromatic heterocycles. The zero-order valence-electron chi connectivity index (χ0n) is 12.0. The smallest absolute Gasteiger partial charge is 0.336 e. The average Bonchev–Trinajstić information content (AvgIpc) is 2.98. The molecule has 1 aromatic carbocycles. The number of rotatable bonds is 6. The van der Waals surface area contributed by atoms with Crippen molar-refractivity contribution >= 4 is 27.7 Å². The molecule has 1 aromatic rings. The summed E-state index contributed by atoms with van der Waals surface area (Å²) in [5, 5.41) is 0.406. The molecule has 1 heterocycles. The highest BCUT2D eigenvalue weighted by molar-refractivity contribution is 7.86. The van der Waals surface area contributed by atoms with Gasteiger partial charge in [0.15, 0.2) is 6.10 Å². The maximum Gasteiger partial charge on any atom is 0.336 e. The minimum atomic E-state index is -4.05. The van der Waals surface area contributed by atoms with Crippen LogP contribution in [0.1, 0.15) is 19.8 Å². The molecule has 1 unspecified atom stereocenters. The summed E-state index contributed by atoms with van der Waals surface area (Å²) >= 11 is 5.70. The highest BCUT2D eigenvalue weighted by atomic mass is 35.5. The van der Waals surface area contributed by atoms with E-state index in [0.717, 1.165) is 12.8 Å². The second-order valence-electron chi connectivity index (χ2n) is 4.91. The fourth-order valence-corrected chi connectivity index (χ4v) is 3.12. The lowest BCUT2D eigenvalue weighted by Gasteiger charge is -2.14. The number of carbonyl (C=O) groups is 1. The zero-order valence-corrected chi connectivity index (χ0v) is 13.6. The topological polar surface area (TPSA) is 78.9 Å². The third-order valence-electron chi connectivity index (χ3n) is 3.14. The molecular weight excluding hydrogens is 332 g/mol. The Hall–Kier alpha value is -1.15. The van der Waals surface area contributed by atoms with Crippen LogP contribution in [0.2, 0.25) is 5.02 Å². The first-order valence-corrected chi connectivity index (χ1v) is 8.64. The Bertz CT molecular complexity index is 607. The van der Waals surface area contributed by atoms with Crippen LogP contribution in [0.25, 0.3) is 0 Å². The van der Waals surface area contributed by atoms with Crippen LogP contribution in [0.5, 0.6) is 0 Å². The number of hydrogen-bond donors (Lipinski definition) is 0. The molecule has 1 saturated heterocycles. The first kappa shape index (κ1) is 17.2. The van der Waals surface area contributed by atoms with Gasteiger partial charge >= 0.3 is 5.97 Å². The number of halogens is 1.